The molecule has 72 heavy (non-hydrogen) atoms. The molecule has 370 valence electrons. The molecule has 4 aliphatic heterocycles. The molecule has 3 aromatic carbocycles. The van der Waals surface area contributed by atoms with E-state index in [9.17, 15) is 19.2 Å². The molecule has 4 aliphatic rings. The van der Waals surface area contributed by atoms with Gasteiger partial charge in [0.15, 0.2) is 0 Å². The third kappa shape index (κ3) is 8.31. The van der Waals surface area contributed by atoms with Crippen LogP contribution in [0.4, 0.5) is 27.7 Å². The molecule has 4 aromatic heterocycles. The molecule has 7 aromatic rings. The van der Waals surface area contributed by atoms with E-state index in [1.165, 1.54) is 16.4 Å². The SMILES string of the molecule is CCc1c(-c2ccc(-n3c(OC)nn(C)c3=O)cc2-c2ccc(N3CCN(C4CCN(c5ccc6c(C7CCC(=O)NC7=O)nn(C)c6c5)CC4)C[C@@H]3C)cc2)ccnc1N1CCN(c2cccnc2)C1=O. The molecule has 18 heteroatoms. The third-order valence-electron chi connectivity index (χ3n) is 15.2. The van der Waals surface area contributed by atoms with E-state index in [1.807, 2.05) is 48.1 Å². The maximum Gasteiger partial charge on any atom is 0.353 e. The Kier molecular flexibility index (Phi) is 12.3. The summed E-state index contributed by atoms with van der Waals surface area (Å²) in [5.41, 5.74) is 9.82. The smallest absolute Gasteiger partial charge is 0.353 e. The lowest BCUT2D eigenvalue weighted by Gasteiger charge is -2.46. The van der Waals surface area contributed by atoms with E-state index in [4.69, 9.17) is 14.8 Å². The van der Waals surface area contributed by atoms with Gasteiger partial charge in [0.05, 0.1) is 41.8 Å². The highest BCUT2D eigenvalue weighted by Crippen LogP contribution is 2.41. The lowest BCUT2D eigenvalue weighted by atomic mass is 9.90. The number of anilines is 4. The van der Waals surface area contributed by atoms with E-state index < -0.39 is 5.92 Å². The molecule has 4 fully saturated rings. The van der Waals surface area contributed by atoms with Gasteiger partial charge in [0.25, 0.3) is 0 Å². The van der Waals surface area contributed by atoms with Crippen molar-refractivity contribution in [3.8, 4) is 34.0 Å². The average Bonchev–Trinajstić information content (AvgIpc) is 4.06. The highest BCUT2D eigenvalue weighted by atomic mass is 16.5. The molecule has 8 heterocycles. The molecule has 2 atom stereocenters. The predicted octanol–water partition coefficient (Wildman–Crippen LogP) is 6.30. The Labute approximate surface area is 417 Å². The summed E-state index contributed by atoms with van der Waals surface area (Å²) < 4.78 is 10.2. The van der Waals surface area contributed by atoms with Gasteiger partial charge in [0.1, 0.15) is 5.82 Å². The van der Waals surface area contributed by atoms with Crippen molar-refractivity contribution in [2.24, 2.45) is 14.1 Å². The van der Waals surface area contributed by atoms with Crippen molar-refractivity contribution >= 4 is 51.6 Å². The molecule has 0 spiro atoms. The van der Waals surface area contributed by atoms with Crippen molar-refractivity contribution < 1.29 is 19.1 Å². The molecule has 0 radical (unpaired) electrons. The molecule has 1 unspecified atom stereocenters. The van der Waals surface area contributed by atoms with Crippen molar-refractivity contribution in [1.82, 2.24) is 44.3 Å². The number of pyridine rings is 2. The number of piperidine rings is 2. The van der Waals surface area contributed by atoms with Crippen LogP contribution in [0, 0.1) is 0 Å². The first-order valence-electron chi connectivity index (χ1n) is 25.0. The molecule has 0 saturated carbocycles. The summed E-state index contributed by atoms with van der Waals surface area (Å²) in [6, 6.07) is 27.7. The number of ether oxygens (including phenoxy) is 1. The number of benzene rings is 3. The Balaban J connectivity index is 0.811. The molecule has 1 N–H and O–H groups in total. The van der Waals surface area contributed by atoms with Crippen LogP contribution in [0.1, 0.15) is 56.7 Å². The Morgan fingerprint density at radius 3 is 2.25 bits per heavy atom. The van der Waals surface area contributed by atoms with Crippen LogP contribution in [-0.4, -0.2) is 122 Å². The summed E-state index contributed by atoms with van der Waals surface area (Å²) in [6.45, 7) is 10.2. The Morgan fingerprint density at radius 1 is 0.736 bits per heavy atom. The van der Waals surface area contributed by atoms with Crippen LogP contribution < -0.4 is 35.3 Å². The highest BCUT2D eigenvalue weighted by molar-refractivity contribution is 6.06. The number of fused-ring (bicyclic) bond motifs is 1. The van der Waals surface area contributed by atoms with Gasteiger partial charge in [-0.25, -0.2) is 23.8 Å². The van der Waals surface area contributed by atoms with Gasteiger partial charge in [-0.15, -0.1) is 5.10 Å². The lowest BCUT2D eigenvalue weighted by Crippen LogP contribution is -2.56. The fraction of sp³-hybridized carbons (Fsp3) is 0.370. The Bertz CT molecular complexity index is 3270. The summed E-state index contributed by atoms with van der Waals surface area (Å²) in [6.07, 6.45) is 8.75. The molecule has 4 saturated heterocycles. The first kappa shape index (κ1) is 46.5. The number of amides is 4. The number of carbonyl (C=O) groups excluding carboxylic acids is 3. The highest BCUT2D eigenvalue weighted by Gasteiger charge is 2.36. The van der Waals surface area contributed by atoms with Gasteiger partial charge in [-0.1, -0.05) is 25.1 Å². The zero-order chi connectivity index (χ0) is 49.8. The Morgan fingerprint density at radius 2 is 1.51 bits per heavy atom. The topological polar surface area (TPSA) is 172 Å². The van der Waals surface area contributed by atoms with Crippen molar-refractivity contribution in [3.05, 3.63) is 119 Å². The van der Waals surface area contributed by atoms with Gasteiger partial charge in [-0.05, 0) is 116 Å². The largest absolute Gasteiger partial charge is 0.467 e. The number of rotatable bonds is 11. The number of hydrogen-bond acceptors (Lipinski definition) is 12. The van der Waals surface area contributed by atoms with Crippen LogP contribution in [0.25, 0.3) is 38.8 Å². The standard InChI is InChI=1S/C54H59N13O5/c1-6-41-43(19-23-56-50(41)66-29-28-65(54(66)71)40-8-7-22-55-32-40)42-15-14-39(67-52(72-5)59-61(4)53(67)70)30-46(42)35-9-11-37(12-10-35)64-27-26-63(33-34(64)2)36-20-24-62(25-21-36)38-13-16-44-47(31-38)60(3)58-49(44)45-17-18-48(68)57-51(45)69/h7-16,19,22-23,30-32,34,36,45H,6,17-18,20-21,24-29,33H2,1-5H3,(H,57,68,69)/t34-,45?/m0/s1. The van der Waals surface area contributed by atoms with E-state index >= 15 is 0 Å². The first-order valence-corrected chi connectivity index (χ1v) is 25.0. The number of methoxy groups -OCH3 is 1. The molecule has 4 amide bonds. The van der Waals surface area contributed by atoms with Gasteiger partial charge in [0.2, 0.25) is 11.8 Å². The van der Waals surface area contributed by atoms with Crippen LogP contribution in [0.15, 0.2) is 102 Å². The van der Waals surface area contributed by atoms with Gasteiger partial charge in [0, 0.05) is 113 Å². The van der Waals surface area contributed by atoms with Crippen LogP contribution in [0.3, 0.4) is 0 Å². The normalized spacial score (nSPS) is 19.2. The predicted molar refractivity (Wildman–Crippen MR) is 277 cm³/mol. The number of urea groups is 1. The minimum absolute atomic E-state index is 0.141. The van der Waals surface area contributed by atoms with E-state index in [0.29, 0.717) is 55.9 Å². The van der Waals surface area contributed by atoms with Gasteiger partial charge < -0.3 is 14.5 Å². The van der Waals surface area contributed by atoms with E-state index in [1.54, 1.807) is 35.4 Å². The van der Waals surface area contributed by atoms with Crippen molar-refractivity contribution in [1.29, 1.82) is 0 Å². The number of nitrogens with one attached hydrogen (secondary N) is 1. The minimum atomic E-state index is -0.423. The van der Waals surface area contributed by atoms with E-state index in [-0.39, 0.29) is 29.5 Å². The van der Waals surface area contributed by atoms with Gasteiger partial charge in [-0.2, -0.15) is 5.10 Å². The quantitative estimate of drug-likeness (QED) is 0.144. The second kappa shape index (κ2) is 19.0. The van der Waals surface area contributed by atoms with Gasteiger partial charge >= 0.3 is 17.7 Å². The average molecular weight is 970 g/mol. The minimum Gasteiger partial charge on any atom is -0.467 e. The van der Waals surface area contributed by atoms with Crippen LogP contribution in [0.5, 0.6) is 6.01 Å². The fourth-order valence-electron chi connectivity index (χ4n) is 11.4. The monoisotopic (exact) mass is 969 g/mol. The summed E-state index contributed by atoms with van der Waals surface area (Å²) in [7, 11) is 5.03. The maximum absolute atomic E-state index is 14.0. The summed E-state index contributed by atoms with van der Waals surface area (Å²) >= 11 is 0. The summed E-state index contributed by atoms with van der Waals surface area (Å²) in [5.74, 6) is -0.279. The number of piperazine rings is 1. The van der Waals surface area contributed by atoms with Crippen LogP contribution >= 0.6 is 0 Å². The number of aryl methyl sites for hydroxylation is 2. The van der Waals surface area contributed by atoms with Gasteiger partial charge in [-0.3, -0.25) is 39.3 Å². The molecule has 18 nitrogen and oxygen atoms in total. The summed E-state index contributed by atoms with van der Waals surface area (Å²) in [5, 5.41) is 12.5. The second-order valence-electron chi connectivity index (χ2n) is 19.3. The number of aromatic nitrogens is 7. The van der Waals surface area contributed by atoms with Crippen LogP contribution in [0.2, 0.25) is 0 Å². The van der Waals surface area contributed by atoms with E-state index in [2.05, 4.69) is 86.4 Å². The summed E-state index contributed by atoms with van der Waals surface area (Å²) in [4.78, 5) is 72.1. The zero-order valence-corrected chi connectivity index (χ0v) is 41.4. The van der Waals surface area contributed by atoms with Crippen molar-refractivity contribution in [3.63, 3.8) is 0 Å². The lowest BCUT2D eigenvalue weighted by molar-refractivity contribution is -0.134. The first-order chi connectivity index (χ1) is 35.0. The second-order valence-corrected chi connectivity index (χ2v) is 19.3. The maximum atomic E-state index is 14.0. The number of carbonyl (C=O) groups is 3. The van der Waals surface area contributed by atoms with Crippen LogP contribution in [-0.2, 0) is 30.1 Å². The zero-order valence-electron chi connectivity index (χ0n) is 41.4. The molecular weight excluding hydrogens is 911 g/mol. The molecular formula is C54H59N13O5. The molecule has 11 rings (SSSR count). The number of imide groups is 1. The third-order valence-corrected chi connectivity index (χ3v) is 15.2. The fourth-order valence-corrected chi connectivity index (χ4v) is 11.4. The van der Waals surface area contributed by atoms with Crippen molar-refractivity contribution in [2.75, 3.05) is 72.5 Å². The molecule has 0 aliphatic carbocycles. The van der Waals surface area contributed by atoms with E-state index in [0.717, 1.165) is 107 Å². The number of hydrogen-bond donors (Lipinski definition) is 1. The van der Waals surface area contributed by atoms with Crippen molar-refractivity contribution in [2.45, 2.75) is 64.0 Å². The molecule has 0 bridgehead atoms. The number of nitrogens with zero attached hydrogens (tertiary/aromatic N) is 12. The Hall–Kier alpha value is -7.86.